The number of benzene rings is 1. The number of carbonyl (C=O) groups is 1. The lowest BCUT2D eigenvalue weighted by Crippen LogP contribution is -2.29. The van der Waals surface area contributed by atoms with Crippen molar-refractivity contribution in [2.75, 3.05) is 11.4 Å². The van der Waals surface area contributed by atoms with E-state index in [1.54, 1.807) is 18.5 Å². The summed E-state index contributed by atoms with van der Waals surface area (Å²) in [6.07, 6.45) is 3.67. The van der Waals surface area contributed by atoms with Crippen LogP contribution in [0.1, 0.15) is 6.42 Å². The van der Waals surface area contributed by atoms with Crippen molar-refractivity contribution in [3.8, 4) is 0 Å². The molecular formula is C14H11F2N3OS. The highest BCUT2D eigenvalue weighted by atomic mass is 32.2. The third kappa shape index (κ3) is 2.73. The lowest BCUT2D eigenvalue weighted by Gasteiger charge is -2.17. The number of hydrogen-bond acceptors (Lipinski definition) is 4. The van der Waals surface area contributed by atoms with E-state index in [1.807, 2.05) is 0 Å². The number of carbonyl (C=O) groups excluding carboxylic acids is 1. The van der Waals surface area contributed by atoms with Gasteiger partial charge in [0.25, 0.3) is 0 Å². The standard InChI is InChI=1S/C14H11F2N3OS/c15-9-3-1-4-10(16)12(9)19-8-5-11(13(19)20)21-14-17-6-2-7-18-14/h1-4,6-7,11H,5,8H2/t11-/m0/s1. The molecule has 1 atom stereocenters. The van der Waals surface area contributed by atoms with Crippen LogP contribution >= 0.6 is 11.8 Å². The first kappa shape index (κ1) is 13.9. The minimum atomic E-state index is -0.732. The van der Waals surface area contributed by atoms with E-state index in [2.05, 4.69) is 9.97 Å². The Kier molecular flexibility index (Phi) is 3.83. The molecule has 1 saturated heterocycles. The van der Waals surface area contributed by atoms with Crippen molar-refractivity contribution in [1.29, 1.82) is 0 Å². The first-order chi connectivity index (χ1) is 10.2. The predicted molar refractivity (Wildman–Crippen MR) is 75.0 cm³/mol. The fraction of sp³-hybridized carbons (Fsp3) is 0.214. The molecule has 7 heteroatoms. The Morgan fingerprint density at radius 2 is 1.81 bits per heavy atom. The van der Waals surface area contributed by atoms with Gasteiger partial charge in [0, 0.05) is 18.9 Å². The van der Waals surface area contributed by atoms with E-state index in [0.717, 1.165) is 17.0 Å². The molecule has 0 bridgehead atoms. The first-order valence-corrected chi connectivity index (χ1v) is 7.24. The SMILES string of the molecule is O=C1[C@@H](Sc2ncccn2)CCN1c1c(F)cccc1F. The van der Waals surface area contributed by atoms with Crippen molar-refractivity contribution in [3.05, 3.63) is 48.3 Å². The van der Waals surface area contributed by atoms with Crippen LogP contribution in [0.3, 0.4) is 0 Å². The quantitative estimate of drug-likeness (QED) is 0.818. The smallest absolute Gasteiger partial charge is 0.240 e. The summed E-state index contributed by atoms with van der Waals surface area (Å²) in [5, 5.41) is 0.0538. The maximum atomic E-state index is 13.8. The highest BCUT2D eigenvalue weighted by molar-refractivity contribution is 8.00. The van der Waals surface area contributed by atoms with E-state index in [1.165, 1.54) is 17.8 Å². The van der Waals surface area contributed by atoms with Crippen molar-refractivity contribution in [2.24, 2.45) is 0 Å². The molecule has 0 N–H and O–H groups in total. The van der Waals surface area contributed by atoms with Gasteiger partial charge in [-0.1, -0.05) is 17.8 Å². The molecule has 0 saturated carbocycles. The van der Waals surface area contributed by atoms with Crippen molar-refractivity contribution in [3.63, 3.8) is 0 Å². The molecule has 1 aromatic carbocycles. The lowest BCUT2D eigenvalue weighted by atomic mass is 10.2. The van der Waals surface area contributed by atoms with Crippen LogP contribution in [0.15, 0.2) is 41.8 Å². The molecule has 0 unspecified atom stereocenters. The van der Waals surface area contributed by atoms with E-state index in [-0.39, 0.29) is 18.1 Å². The molecule has 1 aromatic heterocycles. The summed E-state index contributed by atoms with van der Waals surface area (Å²) in [4.78, 5) is 21.6. The summed E-state index contributed by atoms with van der Waals surface area (Å²) >= 11 is 1.21. The molecule has 2 heterocycles. The Hall–Kier alpha value is -2.02. The van der Waals surface area contributed by atoms with E-state index in [4.69, 9.17) is 0 Å². The monoisotopic (exact) mass is 307 g/mol. The Bertz CT molecular complexity index is 648. The van der Waals surface area contributed by atoms with Gasteiger partial charge in [0.2, 0.25) is 5.91 Å². The molecule has 1 amide bonds. The zero-order chi connectivity index (χ0) is 14.8. The number of aromatic nitrogens is 2. The van der Waals surface area contributed by atoms with Crippen LogP contribution < -0.4 is 4.90 Å². The van der Waals surface area contributed by atoms with Gasteiger partial charge in [-0.15, -0.1) is 0 Å². The highest BCUT2D eigenvalue weighted by Crippen LogP contribution is 2.33. The Labute approximate surface area is 124 Å². The van der Waals surface area contributed by atoms with Gasteiger partial charge >= 0.3 is 0 Å². The van der Waals surface area contributed by atoms with Crippen LogP contribution in [-0.2, 0) is 4.79 Å². The molecule has 3 rings (SSSR count). The largest absolute Gasteiger partial charge is 0.306 e. The summed E-state index contributed by atoms with van der Waals surface area (Å²) in [7, 11) is 0. The number of thioether (sulfide) groups is 1. The van der Waals surface area contributed by atoms with Gasteiger partial charge in [-0.25, -0.2) is 18.7 Å². The molecule has 1 aliphatic rings. The second-order valence-corrected chi connectivity index (χ2v) is 5.66. The molecule has 0 spiro atoms. The van der Waals surface area contributed by atoms with E-state index in [9.17, 15) is 13.6 Å². The second kappa shape index (κ2) is 5.77. The molecule has 0 aliphatic carbocycles. The Morgan fingerprint density at radius 3 is 2.48 bits per heavy atom. The van der Waals surface area contributed by atoms with E-state index in [0.29, 0.717) is 11.6 Å². The molecule has 1 aliphatic heterocycles. The maximum Gasteiger partial charge on any atom is 0.240 e. The van der Waals surface area contributed by atoms with Crippen LogP contribution in [0.2, 0.25) is 0 Å². The summed E-state index contributed by atoms with van der Waals surface area (Å²) in [5.41, 5.74) is -0.278. The first-order valence-electron chi connectivity index (χ1n) is 6.36. The van der Waals surface area contributed by atoms with E-state index < -0.39 is 16.9 Å². The fourth-order valence-electron chi connectivity index (χ4n) is 2.21. The third-order valence-corrected chi connectivity index (χ3v) is 4.30. The van der Waals surface area contributed by atoms with Gasteiger partial charge in [-0.3, -0.25) is 4.79 Å². The van der Waals surface area contributed by atoms with Crippen LogP contribution in [-0.4, -0.2) is 27.7 Å². The van der Waals surface area contributed by atoms with Gasteiger partial charge in [-0.05, 0) is 24.6 Å². The molecule has 0 radical (unpaired) electrons. The minimum Gasteiger partial charge on any atom is -0.306 e. The number of rotatable bonds is 3. The van der Waals surface area contributed by atoms with Crippen molar-refractivity contribution >= 4 is 23.4 Å². The zero-order valence-corrected chi connectivity index (χ0v) is 11.7. The number of halogens is 2. The van der Waals surface area contributed by atoms with Crippen LogP contribution in [0.4, 0.5) is 14.5 Å². The number of amides is 1. The van der Waals surface area contributed by atoms with Crippen LogP contribution in [0, 0.1) is 11.6 Å². The minimum absolute atomic E-state index is 0.278. The van der Waals surface area contributed by atoms with Crippen molar-refractivity contribution in [2.45, 2.75) is 16.8 Å². The molecule has 21 heavy (non-hydrogen) atoms. The molecule has 4 nitrogen and oxygen atoms in total. The van der Waals surface area contributed by atoms with Gasteiger partial charge < -0.3 is 4.90 Å². The number of para-hydroxylation sites is 1. The molecular weight excluding hydrogens is 296 g/mol. The summed E-state index contributed by atoms with van der Waals surface area (Å²) in [5.74, 6) is -1.79. The molecule has 1 fully saturated rings. The zero-order valence-electron chi connectivity index (χ0n) is 10.9. The van der Waals surface area contributed by atoms with Gasteiger partial charge in [0.15, 0.2) is 5.16 Å². The lowest BCUT2D eigenvalue weighted by molar-refractivity contribution is -0.116. The fourth-order valence-corrected chi connectivity index (χ4v) is 3.15. The summed E-state index contributed by atoms with van der Waals surface area (Å²) in [6.45, 7) is 0.279. The normalized spacial score (nSPS) is 18.3. The predicted octanol–water partition coefficient (Wildman–Crippen LogP) is 2.65. The van der Waals surface area contributed by atoms with Gasteiger partial charge in [0.05, 0.1) is 5.25 Å². The van der Waals surface area contributed by atoms with Crippen LogP contribution in [0.25, 0.3) is 0 Å². The topological polar surface area (TPSA) is 46.1 Å². The number of hydrogen-bond donors (Lipinski definition) is 0. The Balaban J connectivity index is 1.81. The average Bonchev–Trinajstić information content (AvgIpc) is 2.82. The highest BCUT2D eigenvalue weighted by Gasteiger charge is 2.36. The number of nitrogens with zero attached hydrogens (tertiary/aromatic N) is 3. The summed E-state index contributed by atoms with van der Waals surface area (Å²) < 4.78 is 27.5. The number of anilines is 1. The van der Waals surface area contributed by atoms with Gasteiger partial charge in [0.1, 0.15) is 17.3 Å². The van der Waals surface area contributed by atoms with Crippen LogP contribution in [0.5, 0.6) is 0 Å². The average molecular weight is 307 g/mol. The molecule has 108 valence electrons. The molecule has 2 aromatic rings. The van der Waals surface area contributed by atoms with Gasteiger partial charge in [-0.2, -0.15) is 0 Å². The summed E-state index contributed by atoms with van der Waals surface area (Å²) in [6, 6.07) is 5.25. The van der Waals surface area contributed by atoms with E-state index >= 15 is 0 Å². The maximum absolute atomic E-state index is 13.8. The third-order valence-electron chi connectivity index (χ3n) is 3.15. The second-order valence-electron chi connectivity index (χ2n) is 4.49. The Morgan fingerprint density at radius 1 is 1.14 bits per heavy atom. The van der Waals surface area contributed by atoms with Crippen molar-refractivity contribution < 1.29 is 13.6 Å². The van der Waals surface area contributed by atoms with Crippen molar-refractivity contribution in [1.82, 2.24) is 9.97 Å².